The first-order chi connectivity index (χ1) is 10.5. The first-order valence-corrected chi connectivity index (χ1v) is 8.89. The SMILES string of the molecule is COC(=O)C(c1ccc(Br)cc1)N1CCCC(C)C(C)CC1. The highest BCUT2D eigenvalue weighted by Gasteiger charge is 2.30. The molecule has 0 spiro atoms. The Balaban J connectivity index is 2.21. The van der Waals surface area contributed by atoms with E-state index in [0.29, 0.717) is 5.92 Å². The lowest BCUT2D eigenvalue weighted by Crippen LogP contribution is -2.38. The van der Waals surface area contributed by atoms with Crippen molar-refractivity contribution in [2.45, 2.75) is 39.2 Å². The van der Waals surface area contributed by atoms with E-state index in [-0.39, 0.29) is 12.0 Å². The maximum atomic E-state index is 12.4. The van der Waals surface area contributed by atoms with Crippen LogP contribution < -0.4 is 0 Å². The fourth-order valence-electron chi connectivity index (χ4n) is 3.18. The van der Waals surface area contributed by atoms with Crippen molar-refractivity contribution in [2.75, 3.05) is 20.2 Å². The Morgan fingerprint density at radius 2 is 1.82 bits per heavy atom. The second-order valence-corrected chi connectivity index (χ2v) is 7.31. The van der Waals surface area contributed by atoms with E-state index in [9.17, 15) is 4.79 Å². The van der Waals surface area contributed by atoms with Crippen LogP contribution in [0.25, 0.3) is 0 Å². The number of halogens is 1. The topological polar surface area (TPSA) is 29.5 Å². The predicted molar refractivity (Wildman–Crippen MR) is 92.7 cm³/mol. The van der Waals surface area contributed by atoms with Crippen LogP contribution in [0.2, 0.25) is 0 Å². The van der Waals surface area contributed by atoms with Crippen molar-refractivity contribution < 1.29 is 9.53 Å². The Morgan fingerprint density at radius 1 is 1.18 bits per heavy atom. The van der Waals surface area contributed by atoms with Crippen molar-refractivity contribution >= 4 is 21.9 Å². The van der Waals surface area contributed by atoms with Crippen molar-refractivity contribution in [1.29, 1.82) is 0 Å². The van der Waals surface area contributed by atoms with E-state index in [1.807, 2.05) is 24.3 Å². The summed E-state index contributed by atoms with van der Waals surface area (Å²) in [5.41, 5.74) is 1.01. The predicted octanol–water partition coefficient (Wildman–Crippen LogP) is 4.42. The van der Waals surface area contributed by atoms with Gasteiger partial charge in [-0.25, -0.2) is 4.79 Å². The first kappa shape index (κ1) is 17.5. The third-order valence-electron chi connectivity index (χ3n) is 4.92. The van der Waals surface area contributed by atoms with Gasteiger partial charge in [0.25, 0.3) is 0 Å². The van der Waals surface area contributed by atoms with E-state index < -0.39 is 0 Å². The molecule has 1 aromatic carbocycles. The van der Waals surface area contributed by atoms with E-state index in [4.69, 9.17) is 4.74 Å². The number of benzene rings is 1. The number of carbonyl (C=O) groups excluding carboxylic acids is 1. The number of nitrogens with zero attached hydrogens (tertiary/aromatic N) is 1. The quantitative estimate of drug-likeness (QED) is 0.740. The largest absolute Gasteiger partial charge is 0.468 e. The minimum Gasteiger partial charge on any atom is -0.468 e. The van der Waals surface area contributed by atoms with Gasteiger partial charge in [0.15, 0.2) is 0 Å². The molecule has 1 aliphatic rings. The van der Waals surface area contributed by atoms with E-state index in [0.717, 1.165) is 41.9 Å². The molecule has 0 N–H and O–H groups in total. The van der Waals surface area contributed by atoms with Crippen molar-refractivity contribution in [2.24, 2.45) is 11.8 Å². The molecule has 1 heterocycles. The number of ether oxygens (including phenoxy) is 1. The Bertz CT molecular complexity index is 488. The molecular formula is C18H26BrNO2. The smallest absolute Gasteiger partial charge is 0.327 e. The molecular weight excluding hydrogens is 342 g/mol. The first-order valence-electron chi connectivity index (χ1n) is 8.10. The number of methoxy groups -OCH3 is 1. The molecule has 0 radical (unpaired) electrons. The number of likely N-dealkylation sites (tertiary alicyclic amines) is 1. The number of hydrogen-bond acceptors (Lipinski definition) is 3. The zero-order valence-corrected chi connectivity index (χ0v) is 15.3. The summed E-state index contributed by atoms with van der Waals surface area (Å²) in [6, 6.07) is 7.70. The van der Waals surface area contributed by atoms with Gasteiger partial charge < -0.3 is 4.74 Å². The van der Waals surface area contributed by atoms with E-state index in [2.05, 4.69) is 34.7 Å². The molecule has 0 aromatic heterocycles. The highest BCUT2D eigenvalue weighted by molar-refractivity contribution is 9.10. The minimum atomic E-state index is -0.293. The molecule has 1 saturated heterocycles. The van der Waals surface area contributed by atoms with Crippen LogP contribution in [0.5, 0.6) is 0 Å². The Kier molecular flexibility index (Phi) is 6.45. The monoisotopic (exact) mass is 367 g/mol. The molecule has 0 amide bonds. The Morgan fingerprint density at radius 3 is 2.45 bits per heavy atom. The molecule has 0 aliphatic carbocycles. The van der Waals surface area contributed by atoms with Crippen LogP contribution in [-0.2, 0) is 9.53 Å². The van der Waals surface area contributed by atoms with Gasteiger partial charge in [-0.15, -0.1) is 0 Å². The van der Waals surface area contributed by atoms with Crippen LogP contribution in [0.3, 0.4) is 0 Å². The molecule has 3 unspecified atom stereocenters. The van der Waals surface area contributed by atoms with Crippen LogP contribution in [-0.4, -0.2) is 31.1 Å². The van der Waals surface area contributed by atoms with Crippen molar-refractivity contribution in [3.05, 3.63) is 34.3 Å². The Hall–Kier alpha value is -0.870. The molecule has 1 aliphatic heterocycles. The summed E-state index contributed by atoms with van der Waals surface area (Å²) in [6.07, 6.45) is 3.49. The van der Waals surface area contributed by atoms with Gasteiger partial charge in [0.1, 0.15) is 6.04 Å². The normalized spacial score (nSPS) is 25.1. The minimum absolute atomic E-state index is 0.163. The molecule has 0 bridgehead atoms. The summed E-state index contributed by atoms with van der Waals surface area (Å²) in [5.74, 6) is 1.31. The molecule has 1 aromatic rings. The van der Waals surface area contributed by atoms with Gasteiger partial charge in [0, 0.05) is 4.47 Å². The lowest BCUT2D eigenvalue weighted by Gasteiger charge is -2.34. The zero-order valence-electron chi connectivity index (χ0n) is 13.7. The van der Waals surface area contributed by atoms with E-state index in [1.165, 1.54) is 13.5 Å². The fourth-order valence-corrected chi connectivity index (χ4v) is 3.44. The van der Waals surface area contributed by atoms with Gasteiger partial charge in [0.05, 0.1) is 7.11 Å². The summed E-state index contributed by atoms with van der Waals surface area (Å²) in [7, 11) is 1.48. The molecule has 3 nitrogen and oxygen atoms in total. The van der Waals surface area contributed by atoms with Crippen LogP contribution in [0, 0.1) is 11.8 Å². The fraction of sp³-hybridized carbons (Fsp3) is 0.611. The highest BCUT2D eigenvalue weighted by atomic mass is 79.9. The van der Waals surface area contributed by atoms with Gasteiger partial charge in [0.2, 0.25) is 0 Å². The third-order valence-corrected chi connectivity index (χ3v) is 5.45. The van der Waals surface area contributed by atoms with Crippen LogP contribution in [0.1, 0.15) is 44.7 Å². The molecule has 22 heavy (non-hydrogen) atoms. The number of esters is 1. The van der Waals surface area contributed by atoms with E-state index >= 15 is 0 Å². The standard InChI is InChI=1S/C18H26BrNO2/c1-13-5-4-11-20(12-10-14(13)2)17(18(21)22-3)15-6-8-16(19)9-7-15/h6-9,13-14,17H,4-5,10-12H2,1-3H3. The maximum Gasteiger partial charge on any atom is 0.327 e. The summed E-state index contributed by atoms with van der Waals surface area (Å²) in [5, 5.41) is 0. The molecule has 4 heteroatoms. The maximum absolute atomic E-state index is 12.4. The van der Waals surface area contributed by atoms with Crippen molar-refractivity contribution in [1.82, 2.24) is 4.90 Å². The van der Waals surface area contributed by atoms with Crippen LogP contribution in [0.15, 0.2) is 28.7 Å². The summed E-state index contributed by atoms with van der Waals surface area (Å²) in [4.78, 5) is 14.7. The van der Waals surface area contributed by atoms with E-state index in [1.54, 1.807) is 0 Å². The van der Waals surface area contributed by atoms with Gasteiger partial charge in [-0.05, 0) is 61.9 Å². The second kappa shape index (κ2) is 8.11. The zero-order chi connectivity index (χ0) is 16.1. The average Bonchev–Trinajstić information content (AvgIpc) is 2.51. The van der Waals surface area contributed by atoms with Crippen LogP contribution >= 0.6 is 15.9 Å². The summed E-state index contributed by atoms with van der Waals surface area (Å²) in [6.45, 7) is 6.56. The lowest BCUT2D eigenvalue weighted by molar-refractivity contribution is -0.147. The van der Waals surface area contributed by atoms with Gasteiger partial charge in [-0.3, -0.25) is 4.90 Å². The summed E-state index contributed by atoms with van der Waals surface area (Å²) < 4.78 is 6.10. The molecule has 1 fully saturated rings. The van der Waals surface area contributed by atoms with Gasteiger partial charge >= 0.3 is 5.97 Å². The lowest BCUT2D eigenvalue weighted by atomic mass is 9.87. The van der Waals surface area contributed by atoms with Crippen LogP contribution in [0.4, 0.5) is 0 Å². The third kappa shape index (κ3) is 4.32. The van der Waals surface area contributed by atoms with Gasteiger partial charge in [-0.2, -0.15) is 0 Å². The highest BCUT2D eigenvalue weighted by Crippen LogP contribution is 2.29. The number of rotatable bonds is 3. The molecule has 122 valence electrons. The van der Waals surface area contributed by atoms with Crippen molar-refractivity contribution in [3.8, 4) is 0 Å². The van der Waals surface area contributed by atoms with Gasteiger partial charge in [-0.1, -0.05) is 41.9 Å². The van der Waals surface area contributed by atoms with Crippen molar-refractivity contribution in [3.63, 3.8) is 0 Å². The molecule has 3 atom stereocenters. The average molecular weight is 368 g/mol. The summed E-state index contributed by atoms with van der Waals surface area (Å²) >= 11 is 3.45. The molecule has 2 rings (SSSR count). The Labute approximate surface area is 142 Å². The molecule has 0 saturated carbocycles. The second-order valence-electron chi connectivity index (χ2n) is 6.40. The number of carbonyl (C=O) groups is 1. The number of hydrogen-bond donors (Lipinski definition) is 0.